The fraction of sp³-hybridized carbons (Fsp3) is 0.0714. The first kappa shape index (κ1) is 16.2. The molecule has 1 aromatic carbocycles. The molecule has 110 valence electrons. The number of halogens is 4. The standard InChI is InChI=1S/C14H5ClF3N3S/c15-12-3-8(5-19)7-21-13(12)22-10-2-1-9(6-20)11(4-10)14(16,17)18/h1-4,7H. The van der Waals surface area contributed by atoms with Crippen molar-refractivity contribution in [3.63, 3.8) is 0 Å². The summed E-state index contributed by atoms with van der Waals surface area (Å²) in [6.07, 6.45) is -3.34. The molecule has 0 fully saturated rings. The van der Waals surface area contributed by atoms with Crippen molar-refractivity contribution in [2.75, 3.05) is 0 Å². The molecule has 0 amide bonds. The molecule has 0 atom stereocenters. The van der Waals surface area contributed by atoms with Crippen LogP contribution in [0.4, 0.5) is 13.2 Å². The van der Waals surface area contributed by atoms with Gasteiger partial charge in [0.15, 0.2) is 0 Å². The zero-order valence-corrected chi connectivity index (χ0v) is 12.2. The summed E-state index contributed by atoms with van der Waals surface area (Å²) in [6, 6.07) is 8.11. The predicted molar refractivity (Wildman–Crippen MR) is 74.2 cm³/mol. The Kier molecular flexibility index (Phi) is 4.60. The second kappa shape index (κ2) is 6.27. The summed E-state index contributed by atoms with van der Waals surface area (Å²) >= 11 is 6.86. The van der Waals surface area contributed by atoms with Crippen molar-refractivity contribution in [1.82, 2.24) is 4.98 Å². The average Bonchev–Trinajstić information content (AvgIpc) is 2.48. The van der Waals surface area contributed by atoms with Gasteiger partial charge >= 0.3 is 6.18 Å². The summed E-state index contributed by atoms with van der Waals surface area (Å²) in [5.74, 6) is 0. The largest absolute Gasteiger partial charge is 0.417 e. The highest BCUT2D eigenvalue weighted by atomic mass is 35.5. The van der Waals surface area contributed by atoms with Crippen LogP contribution in [0.1, 0.15) is 16.7 Å². The minimum atomic E-state index is -4.62. The summed E-state index contributed by atoms with van der Waals surface area (Å²) in [5, 5.41) is 17.9. The SMILES string of the molecule is N#Cc1cnc(Sc2ccc(C#N)c(C(F)(F)F)c2)c(Cl)c1. The minimum Gasteiger partial charge on any atom is -0.247 e. The smallest absolute Gasteiger partial charge is 0.247 e. The number of alkyl halides is 3. The van der Waals surface area contributed by atoms with E-state index in [0.29, 0.717) is 0 Å². The fourth-order valence-electron chi connectivity index (χ4n) is 1.59. The van der Waals surface area contributed by atoms with E-state index in [0.717, 1.165) is 23.9 Å². The zero-order chi connectivity index (χ0) is 16.3. The van der Waals surface area contributed by atoms with Gasteiger partial charge in [0.2, 0.25) is 0 Å². The van der Waals surface area contributed by atoms with Gasteiger partial charge < -0.3 is 0 Å². The zero-order valence-electron chi connectivity index (χ0n) is 10.6. The highest BCUT2D eigenvalue weighted by Crippen LogP contribution is 2.37. The first-order chi connectivity index (χ1) is 10.3. The molecule has 2 aromatic rings. The maximum absolute atomic E-state index is 12.9. The number of aromatic nitrogens is 1. The Morgan fingerprint density at radius 2 is 1.86 bits per heavy atom. The molecule has 0 N–H and O–H groups in total. The van der Waals surface area contributed by atoms with Crippen LogP contribution in [0.25, 0.3) is 0 Å². The lowest BCUT2D eigenvalue weighted by Crippen LogP contribution is -2.07. The minimum absolute atomic E-state index is 0.168. The van der Waals surface area contributed by atoms with Gasteiger partial charge in [0.1, 0.15) is 11.1 Å². The van der Waals surface area contributed by atoms with Crippen LogP contribution in [0.3, 0.4) is 0 Å². The lowest BCUT2D eigenvalue weighted by molar-refractivity contribution is -0.137. The van der Waals surface area contributed by atoms with Crippen LogP contribution in [0.2, 0.25) is 5.02 Å². The third kappa shape index (κ3) is 3.51. The highest BCUT2D eigenvalue weighted by Gasteiger charge is 2.33. The monoisotopic (exact) mass is 339 g/mol. The lowest BCUT2D eigenvalue weighted by Gasteiger charge is -2.10. The van der Waals surface area contributed by atoms with E-state index in [1.807, 2.05) is 6.07 Å². The molecule has 0 saturated heterocycles. The van der Waals surface area contributed by atoms with E-state index >= 15 is 0 Å². The molecule has 0 bridgehead atoms. The molecule has 1 heterocycles. The van der Waals surface area contributed by atoms with E-state index in [2.05, 4.69) is 4.98 Å². The van der Waals surface area contributed by atoms with Crippen molar-refractivity contribution < 1.29 is 13.2 Å². The van der Waals surface area contributed by atoms with Crippen molar-refractivity contribution in [1.29, 1.82) is 10.5 Å². The molecule has 0 unspecified atom stereocenters. The number of pyridine rings is 1. The van der Waals surface area contributed by atoms with Crippen LogP contribution in [0.5, 0.6) is 0 Å². The first-order valence-electron chi connectivity index (χ1n) is 5.70. The molecule has 0 aliphatic carbocycles. The molecule has 0 aliphatic heterocycles. The molecule has 1 aromatic heterocycles. The van der Waals surface area contributed by atoms with E-state index in [4.69, 9.17) is 22.1 Å². The van der Waals surface area contributed by atoms with Crippen molar-refractivity contribution >= 4 is 23.4 Å². The Morgan fingerprint density at radius 3 is 2.41 bits per heavy atom. The van der Waals surface area contributed by atoms with Crippen LogP contribution >= 0.6 is 23.4 Å². The van der Waals surface area contributed by atoms with Crippen LogP contribution in [-0.2, 0) is 6.18 Å². The van der Waals surface area contributed by atoms with Crippen LogP contribution < -0.4 is 0 Å². The Hall–Kier alpha value is -2.22. The summed E-state index contributed by atoms with van der Waals surface area (Å²) in [7, 11) is 0. The fourth-order valence-corrected chi connectivity index (χ4v) is 2.67. The second-order valence-electron chi connectivity index (χ2n) is 4.04. The lowest BCUT2D eigenvalue weighted by atomic mass is 10.1. The number of nitriles is 2. The number of benzene rings is 1. The van der Waals surface area contributed by atoms with Gasteiger partial charge in [0, 0.05) is 11.1 Å². The molecular weight excluding hydrogens is 335 g/mol. The van der Waals surface area contributed by atoms with Gasteiger partial charge in [-0.2, -0.15) is 23.7 Å². The van der Waals surface area contributed by atoms with E-state index in [9.17, 15) is 13.2 Å². The van der Waals surface area contributed by atoms with E-state index in [1.54, 1.807) is 0 Å². The number of nitrogens with zero attached hydrogens (tertiary/aromatic N) is 3. The molecule has 22 heavy (non-hydrogen) atoms. The molecule has 0 saturated carbocycles. The second-order valence-corrected chi connectivity index (χ2v) is 5.51. The summed E-state index contributed by atoms with van der Waals surface area (Å²) in [4.78, 5) is 4.18. The average molecular weight is 340 g/mol. The summed E-state index contributed by atoms with van der Waals surface area (Å²) in [5.41, 5.74) is -1.20. The molecule has 2 rings (SSSR count). The summed E-state index contributed by atoms with van der Waals surface area (Å²) in [6.45, 7) is 0. The topological polar surface area (TPSA) is 60.5 Å². The molecule has 0 spiro atoms. The molecule has 0 aliphatic rings. The van der Waals surface area contributed by atoms with Crippen molar-refractivity contribution in [2.45, 2.75) is 16.1 Å². The van der Waals surface area contributed by atoms with Crippen LogP contribution in [0, 0.1) is 22.7 Å². The number of hydrogen-bond donors (Lipinski definition) is 0. The van der Waals surface area contributed by atoms with E-state index < -0.39 is 17.3 Å². The van der Waals surface area contributed by atoms with Crippen LogP contribution in [-0.4, -0.2) is 4.98 Å². The van der Waals surface area contributed by atoms with E-state index in [1.165, 1.54) is 24.4 Å². The Labute approximate surface area is 133 Å². The Bertz CT molecular complexity index is 806. The van der Waals surface area contributed by atoms with E-state index in [-0.39, 0.29) is 20.5 Å². The molecule has 8 heteroatoms. The van der Waals surface area contributed by atoms with Gasteiger partial charge in [0.25, 0.3) is 0 Å². The number of rotatable bonds is 2. The maximum Gasteiger partial charge on any atom is 0.417 e. The van der Waals surface area contributed by atoms with Gasteiger partial charge in [-0.15, -0.1) is 0 Å². The third-order valence-corrected chi connectivity index (χ3v) is 3.98. The first-order valence-corrected chi connectivity index (χ1v) is 6.89. The van der Waals surface area contributed by atoms with Gasteiger partial charge in [0.05, 0.1) is 27.8 Å². The molecular formula is C14H5ClF3N3S. The molecule has 0 radical (unpaired) electrons. The van der Waals surface area contributed by atoms with Gasteiger partial charge in [-0.25, -0.2) is 4.98 Å². The quantitative estimate of drug-likeness (QED) is 0.799. The van der Waals surface area contributed by atoms with Gasteiger partial charge in [-0.3, -0.25) is 0 Å². The van der Waals surface area contributed by atoms with Crippen molar-refractivity contribution in [3.05, 3.63) is 52.2 Å². The normalized spacial score (nSPS) is 10.8. The predicted octanol–water partition coefficient (Wildman–Crippen LogP) is 4.65. The maximum atomic E-state index is 12.9. The van der Waals surface area contributed by atoms with Crippen molar-refractivity contribution in [3.8, 4) is 12.1 Å². The van der Waals surface area contributed by atoms with Gasteiger partial charge in [-0.1, -0.05) is 23.4 Å². The summed E-state index contributed by atoms with van der Waals surface area (Å²) < 4.78 is 38.7. The van der Waals surface area contributed by atoms with Gasteiger partial charge in [-0.05, 0) is 24.3 Å². The third-order valence-electron chi connectivity index (χ3n) is 2.57. The number of hydrogen-bond acceptors (Lipinski definition) is 4. The van der Waals surface area contributed by atoms with Crippen LogP contribution in [0.15, 0.2) is 40.4 Å². The Morgan fingerprint density at radius 1 is 1.14 bits per heavy atom. The molecule has 3 nitrogen and oxygen atoms in total. The Balaban J connectivity index is 2.40. The highest BCUT2D eigenvalue weighted by molar-refractivity contribution is 7.99. The van der Waals surface area contributed by atoms with Crippen molar-refractivity contribution in [2.24, 2.45) is 0 Å².